The van der Waals surface area contributed by atoms with E-state index in [4.69, 9.17) is 4.74 Å². The number of nitrogens with one attached hydrogen (secondary N) is 2. The zero-order valence-corrected chi connectivity index (χ0v) is 18.6. The first-order chi connectivity index (χ1) is 15.0. The van der Waals surface area contributed by atoms with Gasteiger partial charge in [-0.3, -0.25) is 4.79 Å². The molecule has 1 saturated heterocycles. The van der Waals surface area contributed by atoms with Crippen LogP contribution in [-0.4, -0.2) is 43.6 Å². The number of methoxy groups -OCH3 is 1. The monoisotopic (exact) mass is 425 g/mol. The van der Waals surface area contributed by atoms with Gasteiger partial charge in [-0.15, -0.1) is 0 Å². The maximum atomic E-state index is 13.2. The van der Waals surface area contributed by atoms with E-state index in [0.717, 1.165) is 69.5 Å². The van der Waals surface area contributed by atoms with Gasteiger partial charge in [0.1, 0.15) is 5.75 Å². The van der Waals surface area contributed by atoms with E-state index in [-0.39, 0.29) is 11.4 Å². The number of rotatable bonds is 5. The number of hydrogen-bond donors (Lipinski definition) is 2. The van der Waals surface area contributed by atoms with Crippen LogP contribution in [0, 0.1) is 29.1 Å². The fourth-order valence-corrected chi connectivity index (χ4v) is 7.10. The van der Waals surface area contributed by atoms with Crippen molar-refractivity contribution in [1.82, 2.24) is 10.2 Å². The van der Waals surface area contributed by atoms with Crippen LogP contribution in [0.5, 0.6) is 5.75 Å². The number of benzene rings is 1. The van der Waals surface area contributed by atoms with Gasteiger partial charge in [-0.2, -0.15) is 0 Å². The van der Waals surface area contributed by atoms with Gasteiger partial charge in [0, 0.05) is 25.0 Å². The predicted molar refractivity (Wildman–Crippen MR) is 120 cm³/mol. The lowest BCUT2D eigenvalue weighted by Crippen LogP contribution is -2.54. The average Bonchev–Trinajstić information content (AvgIpc) is 2.77. The summed E-state index contributed by atoms with van der Waals surface area (Å²) in [6.07, 6.45) is 9.30. The van der Waals surface area contributed by atoms with Gasteiger partial charge in [0.05, 0.1) is 12.8 Å². The van der Waals surface area contributed by atoms with Crippen molar-refractivity contribution in [3.8, 4) is 5.75 Å². The Balaban J connectivity index is 1.09. The van der Waals surface area contributed by atoms with Gasteiger partial charge in [-0.05, 0) is 87.2 Å². The van der Waals surface area contributed by atoms with Crippen molar-refractivity contribution in [1.29, 1.82) is 0 Å². The Hall–Kier alpha value is -2.24. The van der Waals surface area contributed by atoms with Gasteiger partial charge < -0.3 is 20.3 Å². The second-order valence-electron chi connectivity index (χ2n) is 10.5. The number of urea groups is 1. The number of hydrogen-bond acceptors (Lipinski definition) is 3. The zero-order valence-electron chi connectivity index (χ0n) is 18.6. The summed E-state index contributed by atoms with van der Waals surface area (Å²) in [6, 6.07) is 7.38. The first-order valence-electron chi connectivity index (χ1n) is 12.0. The number of carbonyl (C=O) groups excluding carboxylic acids is 2. The highest BCUT2D eigenvalue weighted by Crippen LogP contribution is 2.60. The van der Waals surface area contributed by atoms with Crippen molar-refractivity contribution in [3.63, 3.8) is 0 Å². The Morgan fingerprint density at radius 3 is 2.26 bits per heavy atom. The molecule has 1 aromatic carbocycles. The molecule has 5 fully saturated rings. The summed E-state index contributed by atoms with van der Waals surface area (Å²) in [5.74, 6) is 3.82. The average molecular weight is 426 g/mol. The van der Waals surface area contributed by atoms with Crippen molar-refractivity contribution in [2.75, 3.05) is 32.1 Å². The van der Waals surface area contributed by atoms with Crippen molar-refractivity contribution >= 4 is 17.6 Å². The lowest BCUT2D eigenvalue weighted by Gasteiger charge is -2.55. The first-order valence-corrected chi connectivity index (χ1v) is 12.0. The van der Waals surface area contributed by atoms with E-state index < -0.39 is 0 Å². The first kappa shape index (κ1) is 20.7. The van der Waals surface area contributed by atoms with Gasteiger partial charge in [-0.25, -0.2) is 4.79 Å². The standard InChI is InChI=1S/C25H35N3O3/c1-31-22-5-3-2-4-21(22)27-24(30)28-8-6-17(7-9-28)16-26-23(29)25-13-18-10-19(14-25)12-20(11-18)15-25/h2-5,17-20H,6-16H2,1H3,(H,26,29)(H,27,30). The molecule has 3 amide bonds. The molecular weight excluding hydrogens is 390 g/mol. The number of nitrogens with zero attached hydrogens (tertiary/aromatic N) is 1. The summed E-state index contributed by atoms with van der Waals surface area (Å²) in [5, 5.41) is 6.30. The molecule has 168 valence electrons. The van der Waals surface area contributed by atoms with E-state index in [9.17, 15) is 9.59 Å². The summed E-state index contributed by atoms with van der Waals surface area (Å²) >= 11 is 0. The molecular formula is C25H35N3O3. The van der Waals surface area contributed by atoms with Crippen LogP contribution >= 0.6 is 0 Å². The molecule has 5 aliphatic rings. The summed E-state index contributed by atoms with van der Waals surface area (Å²) in [5.41, 5.74) is 0.629. The molecule has 2 N–H and O–H groups in total. The Kier molecular flexibility index (Phi) is 5.57. The molecule has 4 bridgehead atoms. The van der Waals surface area contributed by atoms with Gasteiger partial charge in [0.25, 0.3) is 0 Å². The predicted octanol–water partition coefficient (Wildman–Crippen LogP) is 4.27. The third-order valence-electron chi connectivity index (χ3n) is 8.32. The minimum absolute atomic E-state index is 0.0654. The summed E-state index contributed by atoms with van der Waals surface area (Å²) < 4.78 is 5.32. The third kappa shape index (κ3) is 4.13. The quantitative estimate of drug-likeness (QED) is 0.740. The highest BCUT2D eigenvalue weighted by atomic mass is 16.5. The van der Waals surface area contributed by atoms with Crippen LogP contribution in [-0.2, 0) is 4.79 Å². The second-order valence-corrected chi connectivity index (χ2v) is 10.5. The maximum Gasteiger partial charge on any atom is 0.321 e. The fraction of sp³-hybridized carbons (Fsp3) is 0.680. The fourth-order valence-electron chi connectivity index (χ4n) is 7.10. The van der Waals surface area contributed by atoms with E-state index in [1.54, 1.807) is 7.11 Å². The molecule has 1 aromatic rings. The Bertz CT molecular complexity index is 796. The highest BCUT2D eigenvalue weighted by Gasteiger charge is 2.54. The number of ether oxygens (including phenoxy) is 1. The van der Waals surface area contributed by atoms with E-state index >= 15 is 0 Å². The molecule has 0 unspecified atom stereocenters. The van der Waals surface area contributed by atoms with Crippen LogP contribution in [0.2, 0.25) is 0 Å². The SMILES string of the molecule is COc1ccccc1NC(=O)N1CCC(CNC(=O)C23CC4CC(CC(C4)C2)C3)CC1. The summed E-state index contributed by atoms with van der Waals surface area (Å²) in [6.45, 7) is 2.19. The topological polar surface area (TPSA) is 70.7 Å². The summed E-state index contributed by atoms with van der Waals surface area (Å²) in [7, 11) is 1.61. The molecule has 4 aliphatic carbocycles. The van der Waals surface area contributed by atoms with Gasteiger partial charge >= 0.3 is 6.03 Å². The lowest BCUT2D eigenvalue weighted by molar-refractivity contribution is -0.146. The van der Waals surface area contributed by atoms with Crippen molar-refractivity contribution in [2.24, 2.45) is 29.1 Å². The molecule has 0 radical (unpaired) electrons. The lowest BCUT2D eigenvalue weighted by atomic mass is 9.49. The van der Waals surface area contributed by atoms with Crippen LogP contribution in [0.1, 0.15) is 51.4 Å². The molecule has 6 rings (SSSR count). The Labute approximate surface area is 185 Å². The Morgan fingerprint density at radius 1 is 1.03 bits per heavy atom. The summed E-state index contributed by atoms with van der Waals surface area (Å²) in [4.78, 5) is 27.7. The number of anilines is 1. The molecule has 0 atom stereocenters. The van der Waals surface area contributed by atoms with Gasteiger partial charge in [0.2, 0.25) is 5.91 Å². The smallest absolute Gasteiger partial charge is 0.321 e. The van der Waals surface area contributed by atoms with Crippen LogP contribution < -0.4 is 15.4 Å². The minimum atomic E-state index is -0.0828. The van der Waals surface area contributed by atoms with Crippen LogP contribution in [0.15, 0.2) is 24.3 Å². The normalized spacial score (nSPS) is 32.0. The number of piperidine rings is 1. The van der Waals surface area contributed by atoms with E-state index in [0.29, 0.717) is 23.3 Å². The molecule has 0 aromatic heterocycles. The van der Waals surface area contributed by atoms with E-state index in [1.165, 1.54) is 19.3 Å². The number of amides is 3. The van der Waals surface area contributed by atoms with E-state index in [2.05, 4.69) is 10.6 Å². The van der Waals surface area contributed by atoms with E-state index in [1.807, 2.05) is 29.2 Å². The number of para-hydroxylation sites is 2. The van der Waals surface area contributed by atoms with Gasteiger partial charge in [0.15, 0.2) is 0 Å². The zero-order chi connectivity index (χ0) is 21.4. The van der Waals surface area contributed by atoms with Crippen molar-refractivity contribution in [3.05, 3.63) is 24.3 Å². The molecule has 1 heterocycles. The van der Waals surface area contributed by atoms with Crippen LogP contribution in [0.4, 0.5) is 10.5 Å². The Morgan fingerprint density at radius 2 is 1.65 bits per heavy atom. The molecule has 4 saturated carbocycles. The van der Waals surface area contributed by atoms with Gasteiger partial charge in [-0.1, -0.05) is 12.1 Å². The van der Waals surface area contributed by atoms with Crippen LogP contribution in [0.25, 0.3) is 0 Å². The highest BCUT2D eigenvalue weighted by molar-refractivity contribution is 5.91. The molecule has 31 heavy (non-hydrogen) atoms. The molecule has 6 nitrogen and oxygen atoms in total. The molecule has 1 aliphatic heterocycles. The second kappa shape index (κ2) is 8.36. The van der Waals surface area contributed by atoms with Crippen molar-refractivity contribution < 1.29 is 14.3 Å². The minimum Gasteiger partial charge on any atom is -0.495 e. The number of likely N-dealkylation sites (tertiary alicyclic amines) is 1. The maximum absolute atomic E-state index is 13.2. The van der Waals surface area contributed by atoms with Crippen LogP contribution in [0.3, 0.4) is 0 Å². The third-order valence-corrected chi connectivity index (χ3v) is 8.32. The molecule has 6 heteroatoms. The largest absolute Gasteiger partial charge is 0.495 e. The molecule has 0 spiro atoms. The number of carbonyl (C=O) groups is 2. The van der Waals surface area contributed by atoms with Crippen molar-refractivity contribution in [2.45, 2.75) is 51.4 Å².